The van der Waals surface area contributed by atoms with E-state index in [0.29, 0.717) is 17.7 Å². The number of benzene rings is 1. The molecule has 4 rings (SSSR count). The van der Waals surface area contributed by atoms with E-state index < -0.39 is 0 Å². The van der Waals surface area contributed by atoms with Gasteiger partial charge in [0.15, 0.2) is 5.78 Å². The van der Waals surface area contributed by atoms with E-state index in [1.807, 2.05) is 38.1 Å². The molecule has 2 saturated carbocycles. The Kier molecular flexibility index (Phi) is 4.77. The average Bonchev–Trinajstić information content (AvgIpc) is 2.91. The lowest BCUT2D eigenvalue weighted by Crippen LogP contribution is -2.49. The van der Waals surface area contributed by atoms with Crippen LogP contribution in [0.1, 0.15) is 77.0 Å². The molecule has 2 unspecified atom stereocenters. The van der Waals surface area contributed by atoms with Gasteiger partial charge in [-0.3, -0.25) is 14.6 Å². The van der Waals surface area contributed by atoms with Gasteiger partial charge in [-0.25, -0.2) is 4.98 Å². The number of carbonyl (C=O) groups excluding carboxylic acids is 2. The molecule has 1 amide bonds. The van der Waals surface area contributed by atoms with E-state index in [1.165, 1.54) is 0 Å². The van der Waals surface area contributed by atoms with Crippen molar-refractivity contribution >= 4 is 11.7 Å². The Hall–Kier alpha value is -2.56. The Bertz CT molecular complexity index is 852. The normalized spacial score (nSPS) is 26.1. The largest absolute Gasteiger partial charge is 0.347 e. The zero-order chi connectivity index (χ0) is 19.8. The molecule has 2 atom stereocenters. The van der Waals surface area contributed by atoms with Gasteiger partial charge in [0.25, 0.3) is 5.91 Å². The van der Waals surface area contributed by atoms with Gasteiger partial charge in [-0.05, 0) is 63.5 Å². The SMILES string of the molecule is Cc1cccc(C(=O)NC23CCCC(CC(=O)c4cncc(C)n4)(CC2)C3)c1. The molecule has 28 heavy (non-hydrogen) atoms. The molecule has 0 spiro atoms. The van der Waals surface area contributed by atoms with Crippen molar-refractivity contribution in [3.05, 3.63) is 59.2 Å². The van der Waals surface area contributed by atoms with Gasteiger partial charge in [-0.2, -0.15) is 0 Å². The Morgan fingerprint density at radius 3 is 2.75 bits per heavy atom. The van der Waals surface area contributed by atoms with E-state index in [9.17, 15) is 9.59 Å². The van der Waals surface area contributed by atoms with Gasteiger partial charge in [0, 0.05) is 23.7 Å². The maximum Gasteiger partial charge on any atom is 0.251 e. The average molecular weight is 377 g/mol. The lowest BCUT2D eigenvalue weighted by molar-refractivity contribution is 0.0801. The van der Waals surface area contributed by atoms with Crippen LogP contribution in [0.15, 0.2) is 36.7 Å². The molecule has 1 heterocycles. The summed E-state index contributed by atoms with van der Waals surface area (Å²) >= 11 is 0. The van der Waals surface area contributed by atoms with Crippen molar-refractivity contribution in [3.8, 4) is 0 Å². The van der Waals surface area contributed by atoms with Crippen molar-refractivity contribution in [2.24, 2.45) is 5.41 Å². The summed E-state index contributed by atoms with van der Waals surface area (Å²) in [6.45, 7) is 3.85. The van der Waals surface area contributed by atoms with E-state index in [0.717, 1.165) is 49.8 Å². The third-order valence-electron chi connectivity index (χ3n) is 6.44. The van der Waals surface area contributed by atoms with E-state index >= 15 is 0 Å². The highest BCUT2D eigenvalue weighted by atomic mass is 16.2. The quantitative estimate of drug-likeness (QED) is 0.793. The number of nitrogens with one attached hydrogen (secondary N) is 1. The summed E-state index contributed by atoms with van der Waals surface area (Å²) in [7, 11) is 0. The second-order valence-electron chi connectivity index (χ2n) is 8.78. The highest BCUT2D eigenvalue weighted by molar-refractivity contribution is 5.95. The number of hydrogen-bond donors (Lipinski definition) is 1. The number of ketones is 1. The second kappa shape index (κ2) is 7.12. The Labute approximate surface area is 166 Å². The molecule has 2 aliphatic rings. The van der Waals surface area contributed by atoms with Gasteiger partial charge >= 0.3 is 0 Å². The third-order valence-corrected chi connectivity index (χ3v) is 6.44. The molecule has 1 aromatic heterocycles. The van der Waals surface area contributed by atoms with Crippen molar-refractivity contribution in [3.63, 3.8) is 0 Å². The molecule has 0 radical (unpaired) electrons. The van der Waals surface area contributed by atoms with Crippen LogP contribution in [-0.2, 0) is 0 Å². The molecule has 0 aliphatic heterocycles. The molecule has 2 fully saturated rings. The van der Waals surface area contributed by atoms with E-state index in [4.69, 9.17) is 0 Å². The fourth-order valence-electron chi connectivity index (χ4n) is 5.16. The molecular weight excluding hydrogens is 350 g/mol. The minimum Gasteiger partial charge on any atom is -0.347 e. The van der Waals surface area contributed by atoms with E-state index in [1.54, 1.807) is 12.4 Å². The predicted octanol–water partition coefficient (Wildman–Crippen LogP) is 4.19. The second-order valence-corrected chi connectivity index (χ2v) is 8.78. The Morgan fingerprint density at radius 2 is 1.96 bits per heavy atom. The molecule has 1 N–H and O–H groups in total. The number of rotatable bonds is 5. The first-order valence-corrected chi connectivity index (χ1v) is 10.1. The number of fused-ring (bicyclic) bond motifs is 2. The van der Waals surface area contributed by atoms with Crippen molar-refractivity contribution in [2.45, 2.75) is 64.3 Å². The van der Waals surface area contributed by atoms with Gasteiger partial charge in [-0.15, -0.1) is 0 Å². The van der Waals surface area contributed by atoms with Crippen LogP contribution in [0.3, 0.4) is 0 Å². The van der Waals surface area contributed by atoms with Crippen molar-refractivity contribution in [2.75, 3.05) is 0 Å². The summed E-state index contributed by atoms with van der Waals surface area (Å²) < 4.78 is 0. The molecule has 5 nitrogen and oxygen atoms in total. The summed E-state index contributed by atoms with van der Waals surface area (Å²) in [6, 6.07) is 7.71. The standard InChI is InChI=1S/C23H27N3O2/c1-16-5-3-6-18(11-16)21(28)26-23-8-4-7-22(15-23,9-10-23)12-20(27)19-14-24-13-17(2)25-19/h3,5-6,11,13-14H,4,7-10,12,15H2,1-2H3,(H,26,28). The lowest BCUT2D eigenvalue weighted by atomic mass is 9.70. The van der Waals surface area contributed by atoms with Gasteiger partial charge in [-0.1, -0.05) is 24.1 Å². The van der Waals surface area contributed by atoms with Gasteiger partial charge in [0.2, 0.25) is 0 Å². The number of nitrogens with zero attached hydrogens (tertiary/aromatic N) is 2. The van der Waals surface area contributed by atoms with Crippen LogP contribution in [-0.4, -0.2) is 27.2 Å². The molecule has 2 aromatic rings. The number of hydrogen-bond acceptors (Lipinski definition) is 4. The Morgan fingerprint density at radius 1 is 1.11 bits per heavy atom. The number of aryl methyl sites for hydroxylation is 2. The number of Topliss-reactive ketones (excluding diaryl/α,β-unsaturated/α-hetero) is 1. The van der Waals surface area contributed by atoms with Gasteiger partial charge in [0.05, 0.1) is 11.9 Å². The number of amides is 1. The molecule has 2 bridgehead atoms. The summed E-state index contributed by atoms with van der Waals surface area (Å²) in [4.78, 5) is 34.1. The minimum absolute atomic E-state index is 0.00252. The Balaban J connectivity index is 1.48. The predicted molar refractivity (Wildman–Crippen MR) is 107 cm³/mol. The van der Waals surface area contributed by atoms with E-state index in [2.05, 4.69) is 15.3 Å². The van der Waals surface area contributed by atoms with Crippen LogP contribution in [0.2, 0.25) is 0 Å². The zero-order valence-corrected chi connectivity index (χ0v) is 16.6. The van der Waals surface area contributed by atoms with Gasteiger partial charge < -0.3 is 5.32 Å². The highest BCUT2D eigenvalue weighted by Gasteiger charge is 2.52. The first kappa shape index (κ1) is 18.8. The van der Waals surface area contributed by atoms with Crippen molar-refractivity contribution in [1.82, 2.24) is 15.3 Å². The van der Waals surface area contributed by atoms with Gasteiger partial charge in [0.1, 0.15) is 5.69 Å². The molecule has 0 saturated heterocycles. The monoisotopic (exact) mass is 377 g/mol. The zero-order valence-electron chi connectivity index (χ0n) is 16.6. The maximum atomic E-state index is 12.8. The summed E-state index contributed by atoms with van der Waals surface area (Å²) in [6.07, 6.45) is 9.60. The number of carbonyl (C=O) groups is 2. The first-order chi connectivity index (χ1) is 13.4. The highest BCUT2D eigenvalue weighted by Crippen LogP contribution is 2.55. The minimum atomic E-state index is -0.183. The molecule has 1 aromatic carbocycles. The topological polar surface area (TPSA) is 72.0 Å². The van der Waals surface area contributed by atoms with Crippen LogP contribution in [0.25, 0.3) is 0 Å². The fraction of sp³-hybridized carbons (Fsp3) is 0.478. The summed E-state index contributed by atoms with van der Waals surface area (Å²) in [5.74, 6) is 0.0659. The molecular formula is C23H27N3O2. The van der Waals surface area contributed by atoms with E-state index in [-0.39, 0.29) is 22.6 Å². The van der Waals surface area contributed by atoms with Crippen molar-refractivity contribution < 1.29 is 9.59 Å². The third kappa shape index (κ3) is 3.71. The molecule has 2 aliphatic carbocycles. The maximum absolute atomic E-state index is 12.8. The molecule has 146 valence electrons. The smallest absolute Gasteiger partial charge is 0.251 e. The van der Waals surface area contributed by atoms with Crippen LogP contribution in [0.4, 0.5) is 0 Å². The van der Waals surface area contributed by atoms with Crippen LogP contribution < -0.4 is 5.32 Å². The fourth-order valence-corrected chi connectivity index (χ4v) is 5.16. The summed E-state index contributed by atoms with van der Waals surface area (Å²) in [5, 5.41) is 3.34. The first-order valence-electron chi connectivity index (χ1n) is 10.1. The van der Waals surface area contributed by atoms with Crippen molar-refractivity contribution in [1.29, 1.82) is 0 Å². The molecule has 5 heteroatoms. The van der Waals surface area contributed by atoms with Crippen LogP contribution >= 0.6 is 0 Å². The van der Waals surface area contributed by atoms with Crippen LogP contribution in [0.5, 0.6) is 0 Å². The van der Waals surface area contributed by atoms with Crippen LogP contribution in [0, 0.1) is 19.3 Å². The summed E-state index contributed by atoms with van der Waals surface area (Å²) in [5.41, 5.74) is 2.81. The lowest BCUT2D eigenvalue weighted by Gasteiger charge is -2.40. The number of aromatic nitrogens is 2.